The average molecular weight is 291 g/mol. The van der Waals surface area contributed by atoms with Crippen LogP contribution in [-0.4, -0.2) is 18.2 Å². The average Bonchev–Trinajstić information content (AvgIpc) is 2.83. The minimum Gasteiger partial charge on any atom is -0.495 e. The zero-order valence-electron chi connectivity index (χ0n) is 10.3. The maximum absolute atomic E-state index is 14.1. The molecule has 0 bridgehead atoms. The molecule has 2 rings (SSSR count). The lowest BCUT2D eigenvalue weighted by molar-refractivity contribution is -0.143. The second kappa shape index (κ2) is 4.96. The number of ether oxygens (including phenoxy) is 1. The fourth-order valence-corrected chi connectivity index (χ4v) is 3.02. The van der Waals surface area contributed by atoms with Crippen molar-refractivity contribution in [2.75, 3.05) is 7.11 Å². The summed E-state index contributed by atoms with van der Waals surface area (Å²) in [4.78, 5) is 11.6. The van der Waals surface area contributed by atoms with Crippen molar-refractivity contribution in [2.24, 2.45) is 0 Å². The molecule has 0 saturated heterocycles. The second-order valence-corrected chi connectivity index (χ2v) is 5.06. The predicted molar refractivity (Wildman–Crippen MR) is 65.7 cm³/mol. The van der Waals surface area contributed by atoms with Gasteiger partial charge in [0.2, 0.25) is 0 Å². The van der Waals surface area contributed by atoms with Crippen molar-refractivity contribution in [3.05, 3.63) is 28.3 Å². The van der Waals surface area contributed by atoms with E-state index in [4.69, 9.17) is 16.3 Å². The van der Waals surface area contributed by atoms with Crippen molar-refractivity contribution in [2.45, 2.75) is 31.1 Å². The van der Waals surface area contributed by atoms with Crippen LogP contribution in [0.2, 0.25) is 5.02 Å². The highest BCUT2D eigenvalue weighted by atomic mass is 35.5. The molecule has 0 heterocycles. The standard InChI is InChI=1S/C13H13ClF2O3/c1-19-11-7(14)6-8(15)10(16)9(11)13(12(17)18)4-2-3-5-13/h6H,2-5H2,1H3,(H,17,18). The molecular formula is C13H13ClF2O3. The van der Waals surface area contributed by atoms with Crippen LogP contribution in [0, 0.1) is 11.6 Å². The Morgan fingerprint density at radius 2 is 2.00 bits per heavy atom. The number of carboxylic acids is 1. The van der Waals surface area contributed by atoms with Crippen LogP contribution in [0.1, 0.15) is 31.2 Å². The van der Waals surface area contributed by atoms with Gasteiger partial charge in [0.25, 0.3) is 0 Å². The molecule has 0 atom stereocenters. The summed E-state index contributed by atoms with van der Waals surface area (Å²) in [6, 6.07) is 0.795. The van der Waals surface area contributed by atoms with E-state index in [0.29, 0.717) is 12.8 Å². The number of carboxylic acid groups (broad SMARTS) is 1. The predicted octanol–water partition coefficient (Wildman–Crippen LogP) is 3.52. The van der Waals surface area contributed by atoms with Crippen LogP contribution < -0.4 is 4.74 Å². The SMILES string of the molecule is COc1c(Cl)cc(F)c(F)c1C1(C(=O)O)CCCC1. The summed E-state index contributed by atoms with van der Waals surface area (Å²) in [5.74, 6) is -3.62. The number of rotatable bonds is 3. The Bertz CT molecular complexity index is 525. The molecule has 0 radical (unpaired) electrons. The molecule has 0 unspecified atom stereocenters. The Morgan fingerprint density at radius 3 is 2.47 bits per heavy atom. The van der Waals surface area contributed by atoms with Crippen LogP contribution in [-0.2, 0) is 10.2 Å². The van der Waals surface area contributed by atoms with E-state index in [1.807, 2.05) is 0 Å². The van der Waals surface area contributed by atoms with Gasteiger partial charge in [-0.25, -0.2) is 8.78 Å². The summed E-state index contributed by atoms with van der Waals surface area (Å²) >= 11 is 5.83. The van der Waals surface area contributed by atoms with Crippen molar-refractivity contribution in [3.8, 4) is 5.75 Å². The molecule has 0 amide bonds. The third kappa shape index (κ3) is 2.06. The summed E-state index contributed by atoms with van der Waals surface area (Å²) in [6.45, 7) is 0. The van der Waals surface area contributed by atoms with Gasteiger partial charge in [0, 0.05) is 0 Å². The van der Waals surface area contributed by atoms with Crippen LogP contribution >= 0.6 is 11.6 Å². The molecule has 1 N–H and O–H groups in total. The van der Waals surface area contributed by atoms with Gasteiger partial charge < -0.3 is 9.84 Å². The minimum atomic E-state index is -1.46. The van der Waals surface area contributed by atoms with E-state index in [-0.39, 0.29) is 29.2 Å². The number of benzene rings is 1. The molecule has 3 nitrogen and oxygen atoms in total. The third-order valence-electron chi connectivity index (χ3n) is 3.68. The normalized spacial score (nSPS) is 17.5. The van der Waals surface area contributed by atoms with Crippen LogP contribution in [0.5, 0.6) is 5.75 Å². The molecule has 1 fully saturated rings. The highest BCUT2D eigenvalue weighted by Crippen LogP contribution is 2.48. The van der Waals surface area contributed by atoms with Gasteiger partial charge in [0.05, 0.1) is 23.1 Å². The Kier molecular flexibility index (Phi) is 3.67. The van der Waals surface area contributed by atoms with E-state index in [9.17, 15) is 18.7 Å². The van der Waals surface area contributed by atoms with E-state index in [1.165, 1.54) is 7.11 Å². The Hall–Kier alpha value is -1.36. The summed E-state index contributed by atoms with van der Waals surface area (Å²) in [6.07, 6.45) is 1.77. The molecule has 104 valence electrons. The van der Waals surface area contributed by atoms with E-state index < -0.39 is 23.0 Å². The lowest BCUT2D eigenvalue weighted by atomic mass is 9.78. The lowest BCUT2D eigenvalue weighted by Crippen LogP contribution is -2.34. The van der Waals surface area contributed by atoms with Crippen molar-refractivity contribution in [1.82, 2.24) is 0 Å². The number of aliphatic carboxylic acids is 1. The molecule has 0 aromatic heterocycles. The number of methoxy groups -OCH3 is 1. The van der Waals surface area contributed by atoms with Gasteiger partial charge in [-0.05, 0) is 18.9 Å². The molecule has 1 saturated carbocycles. The van der Waals surface area contributed by atoms with Gasteiger partial charge in [-0.15, -0.1) is 0 Å². The smallest absolute Gasteiger partial charge is 0.314 e. The molecule has 1 aliphatic rings. The first-order valence-electron chi connectivity index (χ1n) is 5.89. The highest BCUT2D eigenvalue weighted by molar-refractivity contribution is 6.32. The monoisotopic (exact) mass is 290 g/mol. The van der Waals surface area contributed by atoms with Crippen molar-refractivity contribution >= 4 is 17.6 Å². The topological polar surface area (TPSA) is 46.5 Å². The van der Waals surface area contributed by atoms with E-state index in [2.05, 4.69) is 0 Å². The van der Waals surface area contributed by atoms with Gasteiger partial charge in [-0.2, -0.15) is 0 Å². The lowest BCUT2D eigenvalue weighted by Gasteiger charge is -2.27. The summed E-state index contributed by atoms with van der Waals surface area (Å²) < 4.78 is 32.6. The maximum Gasteiger partial charge on any atom is 0.314 e. The quantitative estimate of drug-likeness (QED) is 0.866. The highest BCUT2D eigenvalue weighted by Gasteiger charge is 2.48. The number of hydrogen-bond donors (Lipinski definition) is 1. The van der Waals surface area contributed by atoms with Crippen molar-refractivity contribution in [3.63, 3.8) is 0 Å². The Labute approximate surface area is 114 Å². The van der Waals surface area contributed by atoms with Gasteiger partial charge in [-0.1, -0.05) is 24.4 Å². The maximum atomic E-state index is 14.1. The van der Waals surface area contributed by atoms with Crippen molar-refractivity contribution < 1.29 is 23.4 Å². The van der Waals surface area contributed by atoms with Gasteiger partial charge in [0.1, 0.15) is 5.75 Å². The molecule has 0 spiro atoms. The fourth-order valence-electron chi connectivity index (χ4n) is 2.75. The van der Waals surface area contributed by atoms with Crippen LogP contribution in [0.15, 0.2) is 6.07 Å². The number of halogens is 3. The first-order chi connectivity index (χ1) is 8.94. The summed E-state index contributed by atoms with van der Waals surface area (Å²) in [5.41, 5.74) is -1.73. The third-order valence-corrected chi connectivity index (χ3v) is 3.96. The fraction of sp³-hybridized carbons (Fsp3) is 0.462. The molecule has 1 aliphatic carbocycles. The number of carbonyl (C=O) groups is 1. The van der Waals surface area contributed by atoms with Gasteiger partial charge in [0.15, 0.2) is 11.6 Å². The van der Waals surface area contributed by atoms with Crippen molar-refractivity contribution in [1.29, 1.82) is 0 Å². The molecular weight excluding hydrogens is 278 g/mol. The Balaban J connectivity index is 2.76. The molecule has 0 aliphatic heterocycles. The first-order valence-corrected chi connectivity index (χ1v) is 6.27. The minimum absolute atomic E-state index is 0.0927. The first kappa shape index (κ1) is 14.1. The van der Waals surface area contributed by atoms with E-state index >= 15 is 0 Å². The Morgan fingerprint density at radius 1 is 1.42 bits per heavy atom. The molecule has 19 heavy (non-hydrogen) atoms. The molecule has 1 aromatic rings. The zero-order chi connectivity index (χ0) is 14.2. The second-order valence-electron chi connectivity index (χ2n) is 4.66. The summed E-state index contributed by atoms with van der Waals surface area (Å²) in [7, 11) is 1.26. The molecule has 6 heteroatoms. The summed E-state index contributed by atoms with van der Waals surface area (Å²) in [5, 5.41) is 9.33. The van der Waals surface area contributed by atoms with E-state index in [1.54, 1.807) is 0 Å². The zero-order valence-corrected chi connectivity index (χ0v) is 11.1. The molecule has 1 aromatic carbocycles. The van der Waals surface area contributed by atoms with Crippen LogP contribution in [0.25, 0.3) is 0 Å². The van der Waals surface area contributed by atoms with Gasteiger partial charge >= 0.3 is 5.97 Å². The van der Waals surface area contributed by atoms with Gasteiger partial charge in [-0.3, -0.25) is 4.79 Å². The van der Waals surface area contributed by atoms with Crippen LogP contribution in [0.4, 0.5) is 8.78 Å². The van der Waals surface area contributed by atoms with Crippen LogP contribution in [0.3, 0.4) is 0 Å². The largest absolute Gasteiger partial charge is 0.495 e. The van der Waals surface area contributed by atoms with E-state index in [0.717, 1.165) is 6.07 Å². The number of hydrogen-bond acceptors (Lipinski definition) is 2.